The van der Waals surface area contributed by atoms with E-state index >= 15 is 0 Å². The fourth-order valence-corrected chi connectivity index (χ4v) is 3.63. The van der Waals surface area contributed by atoms with Gasteiger partial charge in [-0.25, -0.2) is 9.78 Å². The summed E-state index contributed by atoms with van der Waals surface area (Å²) in [6.45, 7) is 1.54. The highest BCUT2D eigenvalue weighted by Gasteiger charge is 2.37. The van der Waals surface area contributed by atoms with Crippen LogP contribution >= 0.6 is 0 Å². The molecule has 2 atom stereocenters. The Balaban J connectivity index is 1.32. The van der Waals surface area contributed by atoms with Crippen LogP contribution in [0.15, 0.2) is 30.3 Å². The summed E-state index contributed by atoms with van der Waals surface area (Å²) in [6.07, 6.45) is 2.45. The zero-order valence-corrected chi connectivity index (χ0v) is 15.8. The van der Waals surface area contributed by atoms with Gasteiger partial charge in [0, 0.05) is 25.9 Å². The molecule has 2 aromatic rings. The highest BCUT2D eigenvalue weighted by atomic mass is 16.5. The lowest BCUT2D eigenvalue weighted by atomic mass is 10.2. The fourth-order valence-electron chi connectivity index (χ4n) is 3.63. The number of hydrogen-bond acceptors (Lipinski definition) is 5. The summed E-state index contributed by atoms with van der Waals surface area (Å²) >= 11 is 0. The molecule has 1 aromatic carbocycles. The number of H-pyrrole nitrogens is 1. The minimum absolute atomic E-state index is 0.0656. The molecule has 2 fully saturated rings. The van der Waals surface area contributed by atoms with E-state index in [0.717, 1.165) is 25.1 Å². The average Bonchev–Trinajstić information content (AvgIpc) is 3.46. The van der Waals surface area contributed by atoms with Crippen molar-refractivity contribution < 1.29 is 14.3 Å². The van der Waals surface area contributed by atoms with E-state index in [-0.39, 0.29) is 24.6 Å². The van der Waals surface area contributed by atoms with Crippen LogP contribution in [0, 0.1) is 0 Å². The summed E-state index contributed by atoms with van der Waals surface area (Å²) in [6, 6.07) is 8.71. The molecule has 2 aliphatic heterocycles. The predicted molar refractivity (Wildman–Crippen MR) is 102 cm³/mol. The van der Waals surface area contributed by atoms with Gasteiger partial charge < -0.3 is 19.9 Å². The number of para-hydroxylation sites is 1. The van der Waals surface area contributed by atoms with E-state index in [0.29, 0.717) is 24.6 Å². The zero-order valence-electron chi connectivity index (χ0n) is 15.8. The average molecular weight is 384 g/mol. The lowest BCUT2D eigenvalue weighted by Gasteiger charge is -2.24. The molecule has 148 valence electrons. The maximum Gasteiger partial charge on any atom is 0.318 e. The van der Waals surface area contributed by atoms with E-state index in [4.69, 9.17) is 4.74 Å². The van der Waals surface area contributed by atoms with Gasteiger partial charge in [-0.15, -0.1) is 0 Å². The van der Waals surface area contributed by atoms with Gasteiger partial charge in [-0.1, -0.05) is 18.2 Å². The van der Waals surface area contributed by atoms with Gasteiger partial charge in [-0.05, 0) is 31.4 Å². The number of amides is 3. The number of rotatable bonds is 5. The molecule has 1 aromatic heterocycles. The maximum atomic E-state index is 12.7. The summed E-state index contributed by atoms with van der Waals surface area (Å²) in [7, 11) is 1.64. The Kier molecular flexibility index (Phi) is 5.25. The predicted octanol–water partition coefficient (Wildman–Crippen LogP) is 1.60. The summed E-state index contributed by atoms with van der Waals surface area (Å²) in [4.78, 5) is 32.8. The van der Waals surface area contributed by atoms with Gasteiger partial charge in [0.25, 0.3) is 0 Å². The standard InChI is InChI=1S/C19H24N6O3/c1-24(14-9-10-25(18(14)26)13-6-3-2-4-7-13)19(27)20-12-16-21-17(23-22-16)15-8-5-11-28-15/h2-4,6-7,14-15H,5,8-12H2,1H3,(H,20,27)(H,21,22,23). The molecule has 2 unspecified atom stereocenters. The lowest BCUT2D eigenvalue weighted by molar-refractivity contribution is -0.120. The molecule has 0 bridgehead atoms. The van der Waals surface area contributed by atoms with Gasteiger partial charge in [0.2, 0.25) is 5.91 Å². The Morgan fingerprint density at radius 2 is 2.18 bits per heavy atom. The first kappa shape index (κ1) is 18.4. The number of carbonyl (C=O) groups excluding carboxylic acids is 2. The molecule has 3 amide bonds. The van der Waals surface area contributed by atoms with Crippen LogP contribution in [0.1, 0.15) is 37.0 Å². The third-order valence-electron chi connectivity index (χ3n) is 5.21. The SMILES string of the molecule is CN(C(=O)NCc1nc(C2CCCO2)n[nH]1)C1CCN(c2ccccc2)C1=O. The minimum Gasteiger partial charge on any atom is -0.370 e. The monoisotopic (exact) mass is 384 g/mol. The molecular formula is C19H24N6O3. The van der Waals surface area contributed by atoms with Crippen molar-refractivity contribution >= 4 is 17.6 Å². The molecular weight excluding hydrogens is 360 g/mol. The number of benzene rings is 1. The van der Waals surface area contributed by atoms with E-state index in [2.05, 4.69) is 20.5 Å². The molecule has 4 rings (SSSR count). The van der Waals surface area contributed by atoms with Gasteiger partial charge >= 0.3 is 6.03 Å². The van der Waals surface area contributed by atoms with Crippen molar-refractivity contribution in [2.45, 2.75) is 38.0 Å². The van der Waals surface area contributed by atoms with E-state index in [9.17, 15) is 9.59 Å². The second kappa shape index (κ2) is 7.97. The molecule has 2 N–H and O–H groups in total. The first-order chi connectivity index (χ1) is 13.6. The van der Waals surface area contributed by atoms with Crippen LogP contribution in [0.5, 0.6) is 0 Å². The van der Waals surface area contributed by atoms with E-state index in [1.807, 2.05) is 30.3 Å². The van der Waals surface area contributed by atoms with Crippen molar-refractivity contribution in [3.05, 3.63) is 42.0 Å². The number of likely N-dealkylation sites (N-methyl/N-ethyl adjacent to an activating group) is 1. The van der Waals surface area contributed by atoms with Gasteiger partial charge in [0.1, 0.15) is 18.0 Å². The Hall–Kier alpha value is -2.94. The third kappa shape index (κ3) is 3.70. The Labute approximate surface area is 163 Å². The number of carbonyl (C=O) groups is 2. The summed E-state index contributed by atoms with van der Waals surface area (Å²) < 4.78 is 5.56. The van der Waals surface area contributed by atoms with Crippen LogP contribution in [0.25, 0.3) is 0 Å². The first-order valence-electron chi connectivity index (χ1n) is 9.53. The highest BCUT2D eigenvalue weighted by molar-refractivity contribution is 6.01. The molecule has 2 aliphatic rings. The second-order valence-corrected chi connectivity index (χ2v) is 7.04. The summed E-state index contributed by atoms with van der Waals surface area (Å²) in [5.41, 5.74) is 0.854. The van der Waals surface area contributed by atoms with Crippen molar-refractivity contribution in [3.63, 3.8) is 0 Å². The van der Waals surface area contributed by atoms with E-state index < -0.39 is 6.04 Å². The summed E-state index contributed by atoms with van der Waals surface area (Å²) in [5.74, 6) is 1.12. The largest absolute Gasteiger partial charge is 0.370 e. The number of nitrogens with zero attached hydrogens (tertiary/aromatic N) is 4. The Morgan fingerprint density at radius 1 is 1.36 bits per heavy atom. The van der Waals surface area contributed by atoms with Crippen LogP contribution in [0.2, 0.25) is 0 Å². The topological polar surface area (TPSA) is 103 Å². The number of urea groups is 1. The molecule has 0 spiro atoms. The van der Waals surface area contributed by atoms with Gasteiger partial charge in [-0.2, -0.15) is 5.10 Å². The Morgan fingerprint density at radius 3 is 2.93 bits per heavy atom. The van der Waals surface area contributed by atoms with Crippen molar-refractivity contribution in [1.82, 2.24) is 25.4 Å². The molecule has 0 radical (unpaired) electrons. The maximum absolute atomic E-state index is 12.7. The van der Waals surface area contributed by atoms with Crippen molar-refractivity contribution in [3.8, 4) is 0 Å². The molecule has 9 heteroatoms. The fraction of sp³-hybridized carbons (Fsp3) is 0.474. The second-order valence-electron chi connectivity index (χ2n) is 7.04. The first-order valence-corrected chi connectivity index (χ1v) is 9.53. The third-order valence-corrected chi connectivity index (χ3v) is 5.21. The van der Waals surface area contributed by atoms with Crippen LogP contribution in [-0.4, -0.2) is 58.3 Å². The van der Waals surface area contributed by atoms with E-state index in [1.165, 1.54) is 4.90 Å². The zero-order chi connectivity index (χ0) is 19.5. The molecule has 0 saturated carbocycles. The van der Waals surface area contributed by atoms with Gasteiger partial charge in [0.15, 0.2) is 5.82 Å². The number of nitrogens with one attached hydrogen (secondary N) is 2. The van der Waals surface area contributed by atoms with Gasteiger partial charge in [-0.3, -0.25) is 9.89 Å². The van der Waals surface area contributed by atoms with Gasteiger partial charge in [0.05, 0.1) is 6.54 Å². The molecule has 2 saturated heterocycles. The number of anilines is 1. The molecule has 3 heterocycles. The van der Waals surface area contributed by atoms with Crippen molar-refractivity contribution in [2.75, 3.05) is 25.1 Å². The van der Waals surface area contributed by atoms with E-state index in [1.54, 1.807) is 11.9 Å². The van der Waals surface area contributed by atoms with Crippen LogP contribution < -0.4 is 10.2 Å². The highest BCUT2D eigenvalue weighted by Crippen LogP contribution is 2.26. The quantitative estimate of drug-likeness (QED) is 0.815. The summed E-state index contributed by atoms with van der Waals surface area (Å²) in [5, 5.41) is 9.80. The van der Waals surface area contributed by atoms with Crippen LogP contribution in [0.4, 0.5) is 10.5 Å². The number of aromatic nitrogens is 3. The van der Waals surface area contributed by atoms with Crippen molar-refractivity contribution in [1.29, 1.82) is 0 Å². The smallest absolute Gasteiger partial charge is 0.318 e. The lowest BCUT2D eigenvalue weighted by Crippen LogP contribution is -2.47. The molecule has 9 nitrogen and oxygen atoms in total. The molecule has 28 heavy (non-hydrogen) atoms. The number of hydrogen-bond donors (Lipinski definition) is 2. The van der Waals surface area contributed by atoms with Crippen molar-refractivity contribution in [2.24, 2.45) is 0 Å². The Bertz CT molecular complexity index is 833. The minimum atomic E-state index is -0.475. The van der Waals surface area contributed by atoms with Crippen LogP contribution in [-0.2, 0) is 16.1 Å². The normalized spacial score (nSPS) is 21.9. The number of ether oxygens (including phenoxy) is 1. The molecule has 0 aliphatic carbocycles. The number of aromatic amines is 1. The van der Waals surface area contributed by atoms with Crippen LogP contribution in [0.3, 0.4) is 0 Å².